The lowest BCUT2D eigenvalue weighted by Gasteiger charge is -2.11. The highest BCUT2D eigenvalue weighted by Gasteiger charge is 2.38. The SMILES string of the molecule is CO.O=C(O)C(F)(F)F.O=Cc1cccc2c1ccn2S(=O)(=O)c1cccc(C(F)(F)F)c1. The van der Waals surface area contributed by atoms with E-state index in [1.807, 2.05) is 0 Å². The topological polar surface area (TPSA) is 114 Å². The van der Waals surface area contributed by atoms with Crippen molar-refractivity contribution in [2.45, 2.75) is 17.2 Å². The van der Waals surface area contributed by atoms with Crippen LogP contribution in [0.3, 0.4) is 0 Å². The van der Waals surface area contributed by atoms with Gasteiger partial charge in [0.1, 0.15) is 0 Å². The first-order chi connectivity index (χ1) is 15.2. The Labute approximate surface area is 182 Å². The molecule has 2 N–H and O–H groups in total. The lowest BCUT2D eigenvalue weighted by Crippen LogP contribution is -2.21. The van der Waals surface area contributed by atoms with Crippen LogP contribution < -0.4 is 0 Å². The smallest absolute Gasteiger partial charge is 0.475 e. The van der Waals surface area contributed by atoms with Crippen molar-refractivity contribution in [3.63, 3.8) is 0 Å². The van der Waals surface area contributed by atoms with Gasteiger partial charge in [-0.15, -0.1) is 0 Å². The van der Waals surface area contributed by atoms with E-state index >= 15 is 0 Å². The van der Waals surface area contributed by atoms with Crippen LogP contribution >= 0.6 is 0 Å². The molecule has 0 saturated carbocycles. The van der Waals surface area contributed by atoms with Gasteiger partial charge < -0.3 is 10.2 Å². The summed E-state index contributed by atoms with van der Waals surface area (Å²) in [6.45, 7) is 0. The van der Waals surface area contributed by atoms with Gasteiger partial charge >= 0.3 is 18.3 Å². The molecule has 1 aromatic heterocycles. The van der Waals surface area contributed by atoms with Gasteiger partial charge in [0.25, 0.3) is 10.0 Å². The molecular formula is C19H15F6NO6S. The van der Waals surface area contributed by atoms with Gasteiger partial charge in [-0.25, -0.2) is 17.2 Å². The monoisotopic (exact) mass is 499 g/mol. The predicted molar refractivity (Wildman–Crippen MR) is 103 cm³/mol. The third-order valence-electron chi connectivity index (χ3n) is 3.82. The molecule has 0 aliphatic heterocycles. The summed E-state index contributed by atoms with van der Waals surface area (Å²) in [7, 11) is -3.23. The molecular weight excluding hydrogens is 484 g/mol. The van der Waals surface area contributed by atoms with Gasteiger partial charge in [-0.05, 0) is 30.3 Å². The largest absolute Gasteiger partial charge is 0.490 e. The van der Waals surface area contributed by atoms with E-state index in [0.29, 0.717) is 23.3 Å². The number of aliphatic carboxylic acids is 1. The molecule has 1 heterocycles. The Hall–Kier alpha value is -3.39. The maximum atomic E-state index is 12.8. The van der Waals surface area contributed by atoms with Crippen molar-refractivity contribution in [3.05, 3.63) is 65.9 Å². The second-order valence-electron chi connectivity index (χ2n) is 5.84. The first kappa shape index (κ1) is 27.6. The maximum absolute atomic E-state index is 12.8. The van der Waals surface area contributed by atoms with Crippen LogP contribution in [0.4, 0.5) is 26.3 Å². The highest BCUT2D eigenvalue weighted by atomic mass is 32.2. The van der Waals surface area contributed by atoms with E-state index < -0.39 is 38.8 Å². The average Bonchev–Trinajstić information content (AvgIpc) is 3.19. The van der Waals surface area contributed by atoms with Crippen LogP contribution in [0.2, 0.25) is 0 Å². The molecule has 180 valence electrons. The molecule has 0 bridgehead atoms. The zero-order chi connectivity index (χ0) is 25.6. The number of aldehydes is 1. The fourth-order valence-electron chi connectivity index (χ4n) is 2.43. The zero-order valence-electron chi connectivity index (χ0n) is 16.4. The quantitative estimate of drug-likeness (QED) is 0.417. The number of hydrogen-bond donors (Lipinski definition) is 2. The summed E-state index contributed by atoms with van der Waals surface area (Å²) in [6.07, 6.45) is -7.92. The van der Waals surface area contributed by atoms with E-state index in [2.05, 4.69) is 0 Å². The lowest BCUT2D eigenvalue weighted by atomic mass is 10.1. The Morgan fingerprint density at radius 1 is 0.970 bits per heavy atom. The number of aliphatic hydroxyl groups is 1. The Kier molecular flexibility index (Phi) is 8.78. The molecule has 14 heteroatoms. The van der Waals surface area contributed by atoms with Gasteiger partial charge in [-0.1, -0.05) is 18.2 Å². The minimum atomic E-state index is -5.08. The molecule has 0 aliphatic rings. The van der Waals surface area contributed by atoms with E-state index in [0.717, 1.165) is 29.3 Å². The normalized spacial score (nSPS) is 11.6. The Morgan fingerprint density at radius 3 is 2.00 bits per heavy atom. The lowest BCUT2D eigenvalue weighted by molar-refractivity contribution is -0.192. The third-order valence-corrected chi connectivity index (χ3v) is 5.50. The summed E-state index contributed by atoms with van der Waals surface area (Å²) >= 11 is 0. The summed E-state index contributed by atoms with van der Waals surface area (Å²) in [5.74, 6) is -2.76. The van der Waals surface area contributed by atoms with Gasteiger partial charge in [0.05, 0.1) is 16.0 Å². The summed E-state index contributed by atoms with van der Waals surface area (Å²) < 4.78 is 96.4. The molecule has 0 spiro atoms. The van der Waals surface area contributed by atoms with E-state index in [4.69, 9.17) is 15.0 Å². The minimum absolute atomic E-state index is 0.219. The molecule has 33 heavy (non-hydrogen) atoms. The number of nitrogens with zero attached hydrogens (tertiary/aromatic N) is 1. The second kappa shape index (κ2) is 10.5. The van der Waals surface area contributed by atoms with Crippen LogP contribution in [0.1, 0.15) is 15.9 Å². The molecule has 2 aromatic carbocycles. The highest BCUT2D eigenvalue weighted by Crippen LogP contribution is 2.31. The van der Waals surface area contributed by atoms with E-state index in [1.54, 1.807) is 0 Å². The molecule has 0 atom stereocenters. The number of halogens is 6. The summed E-state index contributed by atoms with van der Waals surface area (Å²) in [5.41, 5.74) is -0.531. The number of aliphatic hydroxyl groups excluding tert-OH is 1. The number of alkyl halides is 6. The number of carbonyl (C=O) groups is 2. The molecule has 0 aliphatic carbocycles. The third kappa shape index (κ3) is 6.55. The van der Waals surface area contributed by atoms with Gasteiger partial charge in [-0.3, -0.25) is 4.79 Å². The van der Waals surface area contributed by atoms with Crippen molar-refractivity contribution in [1.82, 2.24) is 3.97 Å². The molecule has 3 rings (SSSR count). The summed E-state index contributed by atoms with van der Waals surface area (Å²) in [6, 6.07) is 9.47. The number of rotatable bonds is 3. The number of hydrogen-bond acceptors (Lipinski definition) is 5. The summed E-state index contributed by atoms with van der Waals surface area (Å²) in [5, 5.41) is 14.5. The number of carboxylic acids is 1. The van der Waals surface area contributed by atoms with Crippen molar-refractivity contribution in [1.29, 1.82) is 0 Å². The van der Waals surface area contributed by atoms with Gasteiger partial charge in [-0.2, -0.15) is 26.3 Å². The van der Waals surface area contributed by atoms with Crippen molar-refractivity contribution < 1.29 is 54.6 Å². The first-order valence-electron chi connectivity index (χ1n) is 8.42. The summed E-state index contributed by atoms with van der Waals surface area (Å²) in [4.78, 5) is 19.4. The van der Waals surface area contributed by atoms with Crippen LogP contribution in [0.5, 0.6) is 0 Å². The van der Waals surface area contributed by atoms with Crippen LogP contribution in [0.15, 0.2) is 59.6 Å². The molecule has 7 nitrogen and oxygen atoms in total. The van der Waals surface area contributed by atoms with E-state index in [-0.39, 0.29) is 5.52 Å². The Balaban J connectivity index is 0.000000520. The average molecular weight is 499 g/mol. The number of benzene rings is 2. The molecule has 3 aromatic rings. The maximum Gasteiger partial charge on any atom is 0.490 e. The number of carboxylic acid groups (broad SMARTS) is 1. The second-order valence-corrected chi connectivity index (χ2v) is 7.66. The first-order valence-corrected chi connectivity index (χ1v) is 9.86. The highest BCUT2D eigenvalue weighted by molar-refractivity contribution is 7.90. The number of carbonyl (C=O) groups excluding carboxylic acids is 1. The van der Waals surface area contributed by atoms with Gasteiger partial charge in [0, 0.05) is 24.3 Å². The molecule has 0 fully saturated rings. The molecule has 0 saturated heterocycles. The Morgan fingerprint density at radius 2 is 1.52 bits per heavy atom. The molecule has 0 amide bonds. The van der Waals surface area contributed by atoms with E-state index in [9.17, 15) is 39.6 Å². The van der Waals surface area contributed by atoms with Gasteiger partial charge in [0.15, 0.2) is 6.29 Å². The number of fused-ring (bicyclic) bond motifs is 1. The van der Waals surface area contributed by atoms with Crippen molar-refractivity contribution in [2.24, 2.45) is 0 Å². The molecule has 0 unspecified atom stereocenters. The predicted octanol–water partition coefficient (Wildman–Crippen LogP) is 3.95. The fourth-order valence-corrected chi connectivity index (χ4v) is 3.82. The van der Waals surface area contributed by atoms with Crippen LogP contribution in [0.25, 0.3) is 10.9 Å². The molecule has 0 radical (unpaired) electrons. The number of aromatic nitrogens is 1. The van der Waals surface area contributed by atoms with E-state index in [1.165, 1.54) is 30.5 Å². The van der Waals surface area contributed by atoms with Crippen molar-refractivity contribution in [2.75, 3.05) is 7.11 Å². The minimum Gasteiger partial charge on any atom is -0.475 e. The van der Waals surface area contributed by atoms with Crippen molar-refractivity contribution >= 4 is 33.2 Å². The zero-order valence-corrected chi connectivity index (χ0v) is 17.2. The standard InChI is InChI=1S/C16H10F3NO3S.C2HF3O2.CH4O/c17-16(18,19)12-4-2-5-13(9-12)24(22,23)20-8-7-14-11(10-21)3-1-6-15(14)20;3-2(4,5)1(6)7;1-2/h1-10H;(H,6,7);2H,1H3. The van der Waals surface area contributed by atoms with Crippen LogP contribution in [0, 0.1) is 0 Å². The van der Waals surface area contributed by atoms with Crippen LogP contribution in [-0.4, -0.2) is 48.1 Å². The van der Waals surface area contributed by atoms with Crippen molar-refractivity contribution in [3.8, 4) is 0 Å². The fraction of sp³-hybridized carbons (Fsp3) is 0.158. The van der Waals surface area contributed by atoms with Crippen LogP contribution in [-0.2, 0) is 21.0 Å². The Bertz CT molecular complexity index is 1230. The van der Waals surface area contributed by atoms with Gasteiger partial charge in [0.2, 0.25) is 0 Å².